The first kappa shape index (κ1) is 11.7. The molecule has 2 bridgehead atoms. The van der Waals surface area contributed by atoms with Crippen LogP contribution in [0.4, 0.5) is 0 Å². The number of ketones is 1. The maximum atomic E-state index is 10.9. The third-order valence-electron chi connectivity index (χ3n) is 3.27. The van der Waals surface area contributed by atoms with Gasteiger partial charge in [0.15, 0.2) is 5.78 Å². The van der Waals surface area contributed by atoms with Gasteiger partial charge in [0, 0.05) is 12.0 Å². The summed E-state index contributed by atoms with van der Waals surface area (Å²) >= 11 is 0. The monoisotopic (exact) mass is 246 g/mol. The summed E-state index contributed by atoms with van der Waals surface area (Å²) in [6, 6.07) is 24.4. The van der Waals surface area contributed by atoms with Gasteiger partial charge in [0.1, 0.15) is 0 Å². The summed E-state index contributed by atoms with van der Waals surface area (Å²) in [5, 5.41) is 2.62. The Morgan fingerprint density at radius 1 is 0.684 bits per heavy atom. The molecule has 3 aromatic carbocycles. The van der Waals surface area contributed by atoms with E-state index in [1.165, 1.54) is 10.8 Å². The second-order valence-corrected chi connectivity index (χ2v) is 4.65. The lowest BCUT2D eigenvalue weighted by Crippen LogP contribution is -1.91. The number of rotatable bonds is 0. The zero-order chi connectivity index (χ0) is 13.1. The molecule has 0 aromatic heterocycles. The van der Waals surface area contributed by atoms with Crippen molar-refractivity contribution in [3.63, 3.8) is 0 Å². The van der Waals surface area contributed by atoms with Crippen molar-refractivity contribution >= 4 is 16.6 Å². The van der Waals surface area contributed by atoms with Crippen molar-refractivity contribution in [1.82, 2.24) is 0 Å². The van der Waals surface area contributed by atoms with Crippen molar-refractivity contribution in [3.8, 4) is 0 Å². The third kappa shape index (κ3) is 2.55. The molecular weight excluding hydrogens is 232 g/mol. The first-order valence-electron chi connectivity index (χ1n) is 6.39. The number of Topliss-reactive ketones (excluding diaryl/α,β-unsaturated/α-hetero) is 1. The van der Waals surface area contributed by atoms with E-state index in [0.717, 1.165) is 11.1 Å². The predicted octanol–water partition coefficient (Wildman–Crippen LogP) is 4.27. The van der Waals surface area contributed by atoms with Crippen LogP contribution < -0.4 is 0 Å². The Balaban J connectivity index is 0.000000117. The fraction of sp³-hybridized carbons (Fsp3) is 0.0556. The highest BCUT2D eigenvalue weighted by Gasteiger charge is 2.13. The van der Waals surface area contributed by atoms with E-state index in [0.29, 0.717) is 6.42 Å². The molecule has 1 aliphatic rings. The van der Waals surface area contributed by atoms with Gasteiger partial charge in [0.2, 0.25) is 0 Å². The molecule has 0 aliphatic heterocycles. The lowest BCUT2D eigenvalue weighted by atomic mass is 10.1. The second kappa shape index (κ2) is 5.07. The van der Waals surface area contributed by atoms with Crippen molar-refractivity contribution in [1.29, 1.82) is 0 Å². The molecule has 0 spiro atoms. The lowest BCUT2D eigenvalue weighted by molar-refractivity contribution is 0.1000. The van der Waals surface area contributed by atoms with Crippen LogP contribution in [0.5, 0.6) is 0 Å². The average molecular weight is 246 g/mol. The highest BCUT2D eigenvalue weighted by Crippen LogP contribution is 2.16. The van der Waals surface area contributed by atoms with Gasteiger partial charge in [-0.3, -0.25) is 4.79 Å². The Labute approximate surface area is 112 Å². The fourth-order valence-electron chi connectivity index (χ4n) is 2.28. The van der Waals surface area contributed by atoms with Gasteiger partial charge >= 0.3 is 0 Å². The van der Waals surface area contributed by atoms with Crippen molar-refractivity contribution < 1.29 is 4.79 Å². The molecule has 0 amide bonds. The summed E-state index contributed by atoms with van der Waals surface area (Å²) in [6.07, 6.45) is 0.613. The van der Waals surface area contributed by atoms with Crippen LogP contribution in [0.1, 0.15) is 15.9 Å². The van der Waals surface area contributed by atoms with E-state index in [9.17, 15) is 4.79 Å². The summed E-state index contributed by atoms with van der Waals surface area (Å²) in [6.45, 7) is 0. The molecule has 0 fully saturated rings. The van der Waals surface area contributed by atoms with E-state index in [4.69, 9.17) is 0 Å². The number of hydrogen-bond donors (Lipinski definition) is 0. The summed E-state index contributed by atoms with van der Waals surface area (Å²) in [5.41, 5.74) is 2.02. The molecule has 3 aromatic rings. The van der Waals surface area contributed by atoms with Gasteiger partial charge in [-0.05, 0) is 22.4 Å². The molecule has 0 saturated heterocycles. The molecule has 0 heterocycles. The maximum Gasteiger partial charge on any atom is 0.167 e. The second-order valence-electron chi connectivity index (χ2n) is 4.65. The van der Waals surface area contributed by atoms with Gasteiger partial charge in [-0.1, -0.05) is 66.7 Å². The van der Waals surface area contributed by atoms with Crippen LogP contribution in [0.25, 0.3) is 10.8 Å². The van der Waals surface area contributed by atoms with Crippen LogP contribution in [0.3, 0.4) is 0 Å². The Bertz CT molecular complexity index is 663. The van der Waals surface area contributed by atoms with Crippen LogP contribution in [0.15, 0.2) is 72.8 Å². The molecule has 4 rings (SSSR count). The standard InChI is InChI=1S/C10H8.C8H6O/c1-2-6-10-8-4-3-7-9(10)5-1;9-8-5-6-2-1-3-7(8)4-6/h1-8H;1-4H,5H2. The molecule has 0 atom stereocenters. The SMILES string of the molecule is O=C1Cc2cccc1c2.c1ccc2ccccc2c1. The zero-order valence-electron chi connectivity index (χ0n) is 10.5. The van der Waals surface area contributed by atoms with E-state index in [1.807, 2.05) is 24.3 Å². The quantitative estimate of drug-likeness (QED) is 0.579. The molecular formula is C18H14O. The van der Waals surface area contributed by atoms with Gasteiger partial charge in [-0.15, -0.1) is 0 Å². The topological polar surface area (TPSA) is 17.1 Å². The molecule has 0 unspecified atom stereocenters. The largest absolute Gasteiger partial charge is 0.294 e. The van der Waals surface area contributed by atoms with E-state index in [2.05, 4.69) is 48.5 Å². The van der Waals surface area contributed by atoms with Crippen molar-refractivity contribution in [2.75, 3.05) is 0 Å². The number of fused-ring (bicyclic) bond motifs is 3. The summed E-state index contributed by atoms with van der Waals surface area (Å²) in [7, 11) is 0. The van der Waals surface area contributed by atoms with Gasteiger partial charge in [0.05, 0.1) is 0 Å². The molecule has 1 aliphatic carbocycles. The Morgan fingerprint density at radius 3 is 1.74 bits per heavy atom. The Morgan fingerprint density at radius 2 is 1.26 bits per heavy atom. The predicted molar refractivity (Wildman–Crippen MR) is 78.4 cm³/mol. The molecule has 1 nitrogen and oxygen atoms in total. The minimum atomic E-state index is 0.259. The van der Waals surface area contributed by atoms with E-state index in [-0.39, 0.29) is 5.78 Å². The Hall–Kier alpha value is -2.41. The van der Waals surface area contributed by atoms with E-state index < -0.39 is 0 Å². The van der Waals surface area contributed by atoms with Crippen molar-refractivity contribution in [3.05, 3.63) is 83.9 Å². The minimum absolute atomic E-state index is 0.259. The first-order valence-corrected chi connectivity index (χ1v) is 6.39. The van der Waals surface area contributed by atoms with Crippen molar-refractivity contribution in [2.24, 2.45) is 0 Å². The van der Waals surface area contributed by atoms with Gasteiger partial charge in [-0.25, -0.2) is 0 Å². The summed E-state index contributed by atoms with van der Waals surface area (Å²) in [5.74, 6) is 0.259. The molecule has 0 N–H and O–H groups in total. The highest BCUT2D eigenvalue weighted by molar-refractivity contribution is 6.00. The summed E-state index contributed by atoms with van der Waals surface area (Å²) in [4.78, 5) is 10.9. The van der Waals surface area contributed by atoms with Crippen molar-refractivity contribution in [2.45, 2.75) is 6.42 Å². The summed E-state index contributed by atoms with van der Waals surface area (Å²) < 4.78 is 0. The normalized spacial score (nSPS) is 12.1. The Kier molecular flexibility index (Phi) is 3.11. The van der Waals surface area contributed by atoms with Gasteiger partial charge < -0.3 is 0 Å². The zero-order valence-corrected chi connectivity index (χ0v) is 10.5. The van der Waals surface area contributed by atoms with Crippen LogP contribution in [0.2, 0.25) is 0 Å². The molecule has 19 heavy (non-hydrogen) atoms. The molecule has 0 radical (unpaired) electrons. The number of benzene rings is 3. The number of carbonyl (C=O) groups excluding carboxylic acids is 1. The smallest absolute Gasteiger partial charge is 0.167 e. The van der Waals surface area contributed by atoms with Crippen LogP contribution in [0, 0.1) is 0 Å². The minimum Gasteiger partial charge on any atom is -0.294 e. The van der Waals surface area contributed by atoms with E-state index >= 15 is 0 Å². The van der Waals surface area contributed by atoms with Crippen LogP contribution >= 0.6 is 0 Å². The molecule has 0 saturated carbocycles. The van der Waals surface area contributed by atoms with E-state index in [1.54, 1.807) is 0 Å². The average Bonchev–Trinajstić information content (AvgIpc) is 2.72. The van der Waals surface area contributed by atoms with Crippen LogP contribution in [-0.2, 0) is 6.42 Å². The van der Waals surface area contributed by atoms with Gasteiger partial charge in [0.25, 0.3) is 0 Å². The van der Waals surface area contributed by atoms with Gasteiger partial charge in [-0.2, -0.15) is 0 Å². The fourth-order valence-corrected chi connectivity index (χ4v) is 2.28. The van der Waals surface area contributed by atoms with Crippen LogP contribution in [-0.4, -0.2) is 5.78 Å². The molecule has 92 valence electrons. The highest BCUT2D eigenvalue weighted by atomic mass is 16.1. The molecule has 1 heteroatoms. The first-order chi connectivity index (χ1) is 9.33. The lowest BCUT2D eigenvalue weighted by Gasteiger charge is -1.92. The maximum absolute atomic E-state index is 10.9. The number of carbonyl (C=O) groups is 1. The third-order valence-corrected chi connectivity index (χ3v) is 3.27. The number of hydrogen-bond acceptors (Lipinski definition) is 1.